The molecule has 2 N–H and O–H groups in total. The van der Waals surface area contributed by atoms with Crippen LogP contribution in [0.2, 0.25) is 0 Å². The molecule has 0 bridgehead atoms. The zero-order chi connectivity index (χ0) is 22.8. The number of unbranched alkanes of at least 4 members (excludes halogenated alkanes) is 3. The van der Waals surface area contributed by atoms with Crippen LogP contribution < -0.4 is 20.1 Å². The number of non-ortho nitro benzene ring substituents is 1. The second-order valence-corrected chi connectivity index (χ2v) is 7.87. The molecule has 10 heteroatoms. The molecule has 0 fully saturated rings. The van der Waals surface area contributed by atoms with Crippen LogP contribution in [-0.4, -0.2) is 29.7 Å². The Kier molecular flexibility index (Phi) is 9.67. The second kappa shape index (κ2) is 12.2. The third kappa shape index (κ3) is 7.48. The van der Waals surface area contributed by atoms with Gasteiger partial charge in [0.2, 0.25) is 0 Å². The Morgan fingerprint density at radius 2 is 1.90 bits per heavy atom. The molecule has 0 spiro atoms. The molecule has 2 aromatic carbocycles. The van der Waals surface area contributed by atoms with Crippen LogP contribution in [-0.2, 0) is 0 Å². The SMILES string of the molecule is CCCCCCOc1ccc(C(=O)NC(=S)Nc2cc([N+](=O)[O-])ccc2OC)cc1Br. The summed E-state index contributed by atoms with van der Waals surface area (Å²) in [7, 11) is 1.43. The van der Waals surface area contributed by atoms with Crippen molar-refractivity contribution in [2.45, 2.75) is 32.6 Å². The molecule has 0 aromatic heterocycles. The molecule has 0 aliphatic heterocycles. The maximum atomic E-state index is 12.5. The molecule has 0 saturated carbocycles. The van der Waals surface area contributed by atoms with Gasteiger partial charge >= 0.3 is 0 Å². The summed E-state index contributed by atoms with van der Waals surface area (Å²) in [5, 5.41) is 16.3. The van der Waals surface area contributed by atoms with Crippen LogP contribution in [0, 0.1) is 10.1 Å². The maximum Gasteiger partial charge on any atom is 0.271 e. The number of rotatable bonds is 10. The minimum absolute atomic E-state index is 0.0174. The molecule has 0 saturated heterocycles. The fourth-order valence-corrected chi connectivity index (χ4v) is 3.40. The number of carbonyl (C=O) groups excluding carboxylic acids is 1. The van der Waals surface area contributed by atoms with E-state index in [1.807, 2.05) is 0 Å². The number of thiocarbonyl (C=S) groups is 1. The Balaban J connectivity index is 1.98. The van der Waals surface area contributed by atoms with Gasteiger partial charge in [-0.05, 0) is 58.8 Å². The summed E-state index contributed by atoms with van der Waals surface area (Å²) in [6.45, 7) is 2.77. The number of nitro benzene ring substituents is 1. The third-order valence-corrected chi connectivity index (χ3v) is 5.14. The van der Waals surface area contributed by atoms with Crippen molar-refractivity contribution in [3.8, 4) is 11.5 Å². The zero-order valence-corrected chi connectivity index (χ0v) is 19.7. The van der Waals surface area contributed by atoms with Crippen molar-refractivity contribution in [3.05, 3.63) is 56.5 Å². The first-order chi connectivity index (χ1) is 14.8. The Hall–Kier alpha value is -2.72. The number of amides is 1. The van der Waals surface area contributed by atoms with Gasteiger partial charge in [0.05, 0.1) is 28.8 Å². The summed E-state index contributed by atoms with van der Waals surface area (Å²) in [4.78, 5) is 23.0. The molecule has 0 aliphatic rings. The maximum absolute atomic E-state index is 12.5. The molecule has 2 rings (SSSR count). The minimum atomic E-state index is -0.531. The molecule has 0 unspecified atom stereocenters. The van der Waals surface area contributed by atoms with E-state index in [4.69, 9.17) is 21.7 Å². The van der Waals surface area contributed by atoms with E-state index in [9.17, 15) is 14.9 Å². The largest absolute Gasteiger partial charge is 0.495 e. The first kappa shape index (κ1) is 24.5. The Morgan fingerprint density at radius 3 is 2.55 bits per heavy atom. The van der Waals surface area contributed by atoms with Crippen molar-refractivity contribution >= 4 is 50.5 Å². The van der Waals surface area contributed by atoms with E-state index >= 15 is 0 Å². The molecular formula is C21H24BrN3O5S. The molecule has 1 amide bonds. The number of hydrogen-bond acceptors (Lipinski definition) is 6. The Labute approximate surface area is 194 Å². The first-order valence-corrected chi connectivity index (χ1v) is 10.9. The normalized spacial score (nSPS) is 10.3. The second-order valence-electron chi connectivity index (χ2n) is 6.60. The number of methoxy groups -OCH3 is 1. The molecule has 0 radical (unpaired) electrons. The minimum Gasteiger partial charge on any atom is -0.495 e. The summed E-state index contributed by atoms with van der Waals surface area (Å²) in [6, 6.07) is 9.05. The van der Waals surface area contributed by atoms with E-state index in [2.05, 4.69) is 33.5 Å². The monoisotopic (exact) mass is 509 g/mol. The smallest absolute Gasteiger partial charge is 0.271 e. The number of hydrogen-bond donors (Lipinski definition) is 2. The van der Waals surface area contributed by atoms with Crippen molar-refractivity contribution in [2.24, 2.45) is 0 Å². The van der Waals surface area contributed by atoms with Gasteiger partial charge in [-0.2, -0.15) is 0 Å². The van der Waals surface area contributed by atoms with E-state index in [0.717, 1.165) is 19.3 Å². The van der Waals surface area contributed by atoms with Crippen molar-refractivity contribution in [1.82, 2.24) is 5.32 Å². The van der Waals surface area contributed by atoms with Crippen molar-refractivity contribution in [2.75, 3.05) is 19.0 Å². The van der Waals surface area contributed by atoms with Crippen LogP contribution in [0.25, 0.3) is 0 Å². The Morgan fingerprint density at radius 1 is 1.16 bits per heavy atom. The Bertz CT molecular complexity index is 955. The summed E-state index contributed by atoms with van der Waals surface area (Å²) in [5.41, 5.74) is 0.516. The lowest BCUT2D eigenvalue weighted by Crippen LogP contribution is -2.34. The molecule has 2 aromatic rings. The van der Waals surface area contributed by atoms with Gasteiger partial charge in [0.1, 0.15) is 11.5 Å². The number of carbonyl (C=O) groups is 1. The highest BCUT2D eigenvalue weighted by Gasteiger charge is 2.15. The lowest BCUT2D eigenvalue weighted by Gasteiger charge is -2.13. The van der Waals surface area contributed by atoms with E-state index in [0.29, 0.717) is 28.1 Å². The summed E-state index contributed by atoms with van der Waals surface area (Å²) in [6.07, 6.45) is 4.44. The van der Waals surface area contributed by atoms with Gasteiger partial charge in [-0.3, -0.25) is 20.2 Å². The van der Waals surface area contributed by atoms with Crippen LogP contribution in [0.5, 0.6) is 11.5 Å². The van der Waals surface area contributed by atoms with E-state index in [1.165, 1.54) is 31.7 Å². The van der Waals surface area contributed by atoms with Crippen molar-refractivity contribution in [3.63, 3.8) is 0 Å². The number of nitrogens with zero attached hydrogens (tertiary/aromatic N) is 1. The molecule has 0 aliphatic carbocycles. The van der Waals surface area contributed by atoms with Crippen molar-refractivity contribution < 1.29 is 19.2 Å². The van der Waals surface area contributed by atoms with Gasteiger partial charge in [0, 0.05) is 17.7 Å². The lowest BCUT2D eigenvalue weighted by molar-refractivity contribution is -0.384. The van der Waals surface area contributed by atoms with Crippen LogP contribution in [0.4, 0.5) is 11.4 Å². The number of nitrogens with one attached hydrogen (secondary N) is 2. The average molecular weight is 510 g/mol. The van der Waals surface area contributed by atoms with Crippen LogP contribution >= 0.6 is 28.1 Å². The first-order valence-electron chi connectivity index (χ1n) is 9.72. The van der Waals surface area contributed by atoms with Crippen LogP contribution in [0.1, 0.15) is 43.0 Å². The number of nitro groups is 1. The molecule has 31 heavy (non-hydrogen) atoms. The molecule has 0 atom stereocenters. The summed E-state index contributed by atoms with van der Waals surface area (Å²) in [5.74, 6) is 0.581. The molecular weight excluding hydrogens is 486 g/mol. The summed E-state index contributed by atoms with van der Waals surface area (Å²) < 4.78 is 11.6. The van der Waals surface area contributed by atoms with Gasteiger partial charge in [-0.25, -0.2) is 0 Å². The van der Waals surface area contributed by atoms with Gasteiger partial charge in [-0.15, -0.1) is 0 Å². The average Bonchev–Trinajstić information content (AvgIpc) is 2.74. The van der Waals surface area contributed by atoms with E-state index in [1.54, 1.807) is 18.2 Å². The molecule has 166 valence electrons. The van der Waals surface area contributed by atoms with Gasteiger partial charge in [0.15, 0.2) is 5.11 Å². The summed E-state index contributed by atoms with van der Waals surface area (Å²) >= 11 is 8.60. The van der Waals surface area contributed by atoms with Crippen LogP contribution in [0.15, 0.2) is 40.9 Å². The lowest BCUT2D eigenvalue weighted by atomic mass is 10.2. The third-order valence-electron chi connectivity index (χ3n) is 4.32. The number of anilines is 1. The van der Waals surface area contributed by atoms with Gasteiger partial charge < -0.3 is 14.8 Å². The van der Waals surface area contributed by atoms with Gasteiger partial charge in [0.25, 0.3) is 11.6 Å². The quantitative estimate of drug-likeness (QED) is 0.190. The predicted molar refractivity (Wildman–Crippen MR) is 127 cm³/mol. The molecule has 8 nitrogen and oxygen atoms in total. The van der Waals surface area contributed by atoms with E-state index in [-0.39, 0.29) is 16.5 Å². The topological polar surface area (TPSA) is 103 Å². The zero-order valence-electron chi connectivity index (χ0n) is 17.3. The van der Waals surface area contributed by atoms with Crippen LogP contribution in [0.3, 0.4) is 0 Å². The predicted octanol–water partition coefficient (Wildman–Crippen LogP) is 5.45. The highest BCUT2D eigenvalue weighted by atomic mass is 79.9. The highest BCUT2D eigenvalue weighted by molar-refractivity contribution is 9.10. The number of benzene rings is 2. The fraction of sp³-hybridized carbons (Fsp3) is 0.333. The highest BCUT2D eigenvalue weighted by Crippen LogP contribution is 2.29. The van der Waals surface area contributed by atoms with Gasteiger partial charge in [-0.1, -0.05) is 26.2 Å². The number of ether oxygens (including phenoxy) is 2. The standard InChI is InChI=1S/C21H24BrN3O5S/c1-3-4-5-6-11-30-18-9-7-14(12-16(18)22)20(26)24-21(31)23-17-13-15(25(27)28)8-10-19(17)29-2/h7-10,12-13H,3-6,11H2,1-2H3,(H2,23,24,26,31). The molecule has 0 heterocycles. The number of halogens is 1. The fourth-order valence-electron chi connectivity index (χ4n) is 2.71. The van der Waals surface area contributed by atoms with E-state index < -0.39 is 10.8 Å². The van der Waals surface area contributed by atoms with Crippen molar-refractivity contribution in [1.29, 1.82) is 0 Å².